The summed E-state index contributed by atoms with van der Waals surface area (Å²) in [5, 5.41) is 0. The predicted octanol–water partition coefficient (Wildman–Crippen LogP) is 4.89. The SMILES string of the molecule is C=C(N=C(OC(C)CC)c1cnc[nH]1)C(C)(c1ccc(-c2cnc(N)nc2)cc1)C1CC1. The van der Waals surface area contributed by atoms with E-state index in [0.29, 0.717) is 11.8 Å². The number of anilines is 1. The van der Waals surface area contributed by atoms with Crippen LogP contribution in [0.3, 0.4) is 0 Å². The largest absolute Gasteiger partial charge is 0.473 e. The van der Waals surface area contributed by atoms with E-state index in [-0.39, 0.29) is 17.5 Å². The van der Waals surface area contributed by atoms with Gasteiger partial charge in [0.1, 0.15) is 5.69 Å². The van der Waals surface area contributed by atoms with Gasteiger partial charge in [0.25, 0.3) is 0 Å². The van der Waals surface area contributed by atoms with E-state index in [9.17, 15) is 0 Å². The number of aromatic nitrogens is 4. The van der Waals surface area contributed by atoms with E-state index in [0.717, 1.165) is 41.8 Å². The minimum absolute atomic E-state index is 0.0402. The van der Waals surface area contributed by atoms with Crippen LogP contribution < -0.4 is 5.73 Å². The Balaban J connectivity index is 1.66. The van der Waals surface area contributed by atoms with Crippen LogP contribution in [0.2, 0.25) is 0 Å². The molecule has 1 aliphatic carbocycles. The predicted molar refractivity (Wildman–Crippen MR) is 127 cm³/mol. The number of H-pyrrole nitrogens is 1. The molecule has 3 aromatic rings. The number of allylic oxidation sites excluding steroid dienone is 1. The normalized spacial score (nSPS) is 16.9. The molecule has 2 aromatic heterocycles. The number of nitrogen functional groups attached to an aromatic ring is 1. The summed E-state index contributed by atoms with van der Waals surface area (Å²) in [5.74, 6) is 1.30. The minimum Gasteiger partial charge on any atom is -0.473 e. The maximum absolute atomic E-state index is 6.13. The van der Waals surface area contributed by atoms with Gasteiger partial charge in [-0.05, 0) is 50.2 Å². The number of nitrogens with one attached hydrogen (secondary N) is 1. The zero-order valence-corrected chi connectivity index (χ0v) is 18.9. The maximum Gasteiger partial charge on any atom is 0.239 e. The highest BCUT2D eigenvalue weighted by Gasteiger charge is 2.45. The topological polar surface area (TPSA) is 102 Å². The molecule has 0 bridgehead atoms. The molecule has 0 radical (unpaired) electrons. The van der Waals surface area contributed by atoms with Gasteiger partial charge in [0.15, 0.2) is 0 Å². The molecule has 0 spiro atoms. The molecule has 0 amide bonds. The summed E-state index contributed by atoms with van der Waals surface area (Å²) in [7, 11) is 0. The first-order valence-electron chi connectivity index (χ1n) is 11.0. The van der Waals surface area contributed by atoms with E-state index in [1.165, 1.54) is 5.56 Å². The van der Waals surface area contributed by atoms with Gasteiger partial charge in [-0.2, -0.15) is 0 Å². The van der Waals surface area contributed by atoms with Crippen molar-refractivity contribution < 1.29 is 4.74 Å². The van der Waals surface area contributed by atoms with E-state index in [1.54, 1.807) is 24.9 Å². The molecule has 1 aromatic carbocycles. The van der Waals surface area contributed by atoms with Gasteiger partial charge >= 0.3 is 0 Å². The first-order chi connectivity index (χ1) is 15.4. The third kappa shape index (κ3) is 4.42. The number of rotatable bonds is 8. The number of hydrogen-bond acceptors (Lipinski definition) is 6. The molecule has 2 atom stereocenters. The number of benzene rings is 1. The molecule has 0 aliphatic heterocycles. The van der Waals surface area contributed by atoms with Crippen LogP contribution in [0.4, 0.5) is 5.95 Å². The van der Waals surface area contributed by atoms with E-state index in [2.05, 4.69) is 64.6 Å². The van der Waals surface area contributed by atoms with Crippen molar-refractivity contribution in [1.82, 2.24) is 19.9 Å². The molecule has 1 fully saturated rings. The van der Waals surface area contributed by atoms with Gasteiger partial charge in [0.05, 0.1) is 18.6 Å². The zero-order valence-electron chi connectivity index (χ0n) is 18.9. The smallest absolute Gasteiger partial charge is 0.239 e. The van der Waals surface area contributed by atoms with Crippen LogP contribution in [0.1, 0.15) is 51.3 Å². The lowest BCUT2D eigenvalue weighted by Gasteiger charge is -2.31. The Labute approximate surface area is 188 Å². The molecule has 0 saturated heterocycles. The first-order valence-corrected chi connectivity index (χ1v) is 11.0. The minimum atomic E-state index is -0.291. The van der Waals surface area contributed by atoms with Crippen LogP contribution in [0.5, 0.6) is 0 Å². The quantitative estimate of drug-likeness (QED) is 0.391. The lowest BCUT2D eigenvalue weighted by atomic mass is 9.75. The van der Waals surface area contributed by atoms with Gasteiger partial charge in [-0.25, -0.2) is 19.9 Å². The second kappa shape index (κ2) is 8.94. The van der Waals surface area contributed by atoms with Crippen LogP contribution >= 0.6 is 0 Å². The molecule has 4 rings (SSSR count). The van der Waals surface area contributed by atoms with Crippen molar-refractivity contribution in [2.45, 2.75) is 51.6 Å². The molecule has 1 saturated carbocycles. The Morgan fingerprint density at radius 1 is 1.22 bits per heavy atom. The highest BCUT2D eigenvalue weighted by molar-refractivity contribution is 5.93. The zero-order chi connectivity index (χ0) is 22.7. The fourth-order valence-corrected chi connectivity index (χ4v) is 3.83. The van der Waals surface area contributed by atoms with E-state index < -0.39 is 0 Å². The van der Waals surface area contributed by atoms with Gasteiger partial charge in [0, 0.05) is 29.1 Å². The molecule has 7 heteroatoms. The number of imidazole rings is 1. The number of ether oxygens (including phenoxy) is 1. The lowest BCUT2D eigenvalue weighted by Crippen LogP contribution is -2.27. The molecule has 2 heterocycles. The summed E-state index contributed by atoms with van der Waals surface area (Å²) < 4.78 is 6.13. The summed E-state index contributed by atoms with van der Waals surface area (Å²) in [6, 6.07) is 8.48. The Morgan fingerprint density at radius 2 is 1.91 bits per heavy atom. The standard InChI is InChI=1S/C25H30N6O/c1-5-16(2)32-23(22-14-27-15-30-22)31-17(3)25(4,21-10-11-21)20-8-6-18(7-9-20)19-12-28-24(26)29-13-19/h6-9,12-16,21H,3,5,10-11H2,1-2,4H3,(H,27,30)(H2,26,28,29). The van der Waals surface area contributed by atoms with Crippen LogP contribution in [0.25, 0.3) is 11.1 Å². The Hall–Kier alpha value is -3.48. The molecular formula is C25H30N6O. The number of aromatic amines is 1. The number of aliphatic imine (C=N–C) groups is 1. The van der Waals surface area contributed by atoms with Crippen molar-refractivity contribution in [3.63, 3.8) is 0 Å². The molecular weight excluding hydrogens is 400 g/mol. The summed E-state index contributed by atoms with van der Waals surface area (Å²) in [4.78, 5) is 20.3. The maximum atomic E-state index is 6.13. The summed E-state index contributed by atoms with van der Waals surface area (Å²) in [6.07, 6.45) is 10.1. The fraction of sp³-hybridized carbons (Fsp3) is 0.360. The van der Waals surface area contributed by atoms with E-state index >= 15 is 0 Å². The van der Waals surface area contributed by atoms with Crippen molar-refractivity contribution in [2.75, 3.05) is 5.73 Å². The highest BCUT2D eigenvalue weighted by Crippen LogP contribution is 2.51. The first kappa shape index (κ1) is 21.7. The average molecular weight is 431 g/mol. The number of hydrogen-bond donors (Lipinski definition) is 2. The molecule has 2 unspecified atom stereocenters. The monoisotopic (exact) mass is 430 g/mol. The summed E-state index contributed by atoms with van der Waals surface area (Å²) >= 11 is 0. The van der Waals surface area contributed by atoms with Crippen LogP contribution in [0, 0.1) is 5.92 Å². The fourth-order valence-electron chi connectivity index (χ4n) is 3.83. The van der Waals surface area contributed by atoms with Crippen molar-refractivity contribution >= 4 is 11.8 Å². The Morgan fingerprint density at radius 3 is 2.47 bits per heavy atom. The van der Waals surface area contributed by atoms with E-state index in [4.69, 9.17) is 15.5 Å². The molecule has 32 heavy (non-hydrogen) atoms. The second-order valence-electron chi connectivity index (χ2n) is 8.55. The third-order valence-electron chi connectivity index (χ3n) is 6.34. The average Bonchev–Trinajstić information content (AvgIpc) is 3.53. The van der Waals surface area contributed by atoms with Crippen molar-refractivity contribution in [2.24, 2.45) is 10.9 Å². The molecule has 7 nitrogen and oxygen atoms in total. The van der Waals surface area contributed by atoms with Crippen LogP contribution in [-0.2, 0) is 10.2 Å². The third-order valence-corrected chi connectivity index (χ3v) is 6.34. The summed E-state index contributed by atoms with van der Waals surface area (Å²) in [6.45, 7) is 10.8. The van der Waals surface area contributed by atoms with Crippen LogP contribution in [0.15, 0.2) is 66.5 Å². The molecule has 166 valence electrons. The van der Waals surface area contributed by atoms with Crippen LogP contribution in [-0.4, -0.2) is 31.9 Å². The van der Waals surface area contributed by atoms with Crippen molar-refractivity contribution in [1.29, 1.82) is 0 Å². The lowest BCUT2D eigenvalue weighted by molar-refractivity contribution is 0.203. The van der Waals surface area contributed by atoms with Gasteiger partial charge in [-0.1, -0.05) is 37.8 Å². The van der Waals surface area contributed by atoms with E-state index in [1.807, 2.05) is 6.92 Å². The Kier molecular flexibility index (Phi) is 6.08. The Bertz CT molecular complexity index is 1080. The number of nitrogens with zero attached hydrogens (tertiary/aromatic N) is 4. The van der Waals surface area contributed by atoms with Gasteiger partial charge in [-0.3, -0.25) is 0 Å². The molecule has 1 aliphatic rings. The number of nitrogens with two attached hydrogens (primary N) is 1. The second-order valence-corrected chi connectivity index (χ2v) is 8.55. The van der Waals surface area contributed by atoms with Crippen molar-refractivity contribution in [3.05, 3.63) is 72.7 Å². The van der Waals surface area contributed by atoms with Gasteiger partial charge in [0.2, 0.25) is 11.8 Å². The highest BCUT2D eigenvalue weighted by atomic mass is 16.5. The molecule has 3 N–H and O–H groups in total. The summed E-state index contributed by atoms with van der Waals surface area (Å²) in [5.41, 5.74) is 10.0. The van der Waals surface area contributed by atoms with Crippen molar-refractivity contribution in [3.8, 4) is 11.1 Å². The van der Waals surface area contributed by atoms with Gasteiger partial charge in [-0.15, -0.1) is 0 Å². The van der Waals surface area contributed by atoms with Gasteiger partial charge < -0.3 is 15.5 Å².